The van der Waals surface area contributed by atoms with Gasteiger partial charge in [0.1, 0.15) is 18.4 Å². The van der Waals surface area contributed by atoms with Crippen molar-refractivity contribution in [1.29, 1.82) is 0 Å². The highest BCUT2D eigenvalue weighted by molar-refractivity contribution is 6.05. The predicted octanol–water partition coefficient (Wildman–Crippen LogP) is 3.65. The first-order chi connectivity index (χ1) is 17.5. The molecule has 7 heteroatoms. The SMILES string of the molecule is O=C1CCC(N2Cc3c(OCc4ccc(CN5CC6CCCC[C@@H]6C5)cc4)cccc3C2=O)C(=O)N1. The summed E-state index contributed by atoms with van der Waals surface area (Å²) in [7, 11) is 0. The quantitative estimate of drug-likeness (QED) is 0.630. The van der Waals surface area contributed by atoms with Crippen LogP contribution in [0.25, 0.3) is 0 Å². The van der Waals surface area contributed by atoms with Crippen LogP contribution < -0.4 is 10.1 Å². The third-order valence-electron chi connectivity index (χ3n) is 8.41. The average Bonchev–Trinajstić information content (AvgIpc) is 3.44. The molecule has 4 aliphatic rings. The lowest BCUT2D eigenvalue weighted by atomic mass is 9.82. The molecule has 1 saturated carbocycles. The van der Waals surface area contributed by atoms with E-state index in [4.69, 9.17) is 4.74 Å². The molecule has 3 amide bonds. The molecule has 2 aromatic carbocycles. The van der Waals surface area contributed by atoms with E-state index in [2.05, 4.69) is 34.5 Å². The fraction of sp³-hybridized carbons (Fsp3) is 0.483. The summed E-state index contributed by atoms with van der Waals surface area (Å²) in [6.45, 7) is 4.22. The molecule has 0 bridgehead atoms. The van der Waals surface area contributed by atoms with Crippen LogP contribution >= 0.6 is 0 Å². The molecular formula is C29H33N3O4. The van der Waals surface area contributed by atoms with E-state index in [1.54, 1.807) is 11.0 Å². The van der Waals surface area contributed by atoms with Gasteiger partial charge in [-0.15, -0.1) is 0 Å². The van der Waals surface area contributed by atoms with E-state index < -0.39 is 11.9 Å². The minimum Gasteiger partial charge on any atom is -0.489 e. The normalized spacial score (nSPS) is 26.1. The molecule has 6 rings (SSSR count). The number of piperidine rings is 1. The van der Waals surface area contributed by atoms with E-state index in [-0.39, 0.29) is 18.2 Å². The summed E-state index contributed by atoms with van der Waals surface area (Å²) in [4.78, 5) is 41.0. The van der Waals surface area contributed by atoms with Gasteiger partial charge >= 0.3 is 0 Å². The maximum absolute atomic E-state index is 13.0. The maximum atomic E-state index is 13.0. The fourth-order valence-electron chi connectivity index (χ4n) is 6.48. The van der Waals surface area contributed by atoms with Crippen molar-refractivity contribution in [2.45, 2.75) is 64.3 Å². The molecule has 2 aromatic rings. The Balaban J connectivity index is 1.07. The fourth-order valence-corrected chi connectivity index (χ4v) is 6.48. The molecule has 3 aliphatic heterocycles. The molecule has 3 fully saturated rings. The molecule has 3 atom stereocenters. The minimum absolute atomic E-state index is 0.184. The van der Waals surface area contributed by atoms with Gasteiger partial charge in [-0.1, -0.05) is 43.2 Å². The van der Waals surface area contributed by atoms with Crippen LogP contribution in [0.2, 0.25) is 0 Å². The number of ether oxygens (including phenoxy) is 1. The van der Waals surface area contributed by atoms with E-state index in [0.29, 0.717) is 30.9 Å². The summed E-state index contributed by atoms with van der Waals surface area (Å²) in [5.74, 6) is 1.60. The van der Waals surface area contributed by atoms with Gasteiger partial charge in [-0.05, 0) is 54.4 Å². The summed E-state index contributed by atoms with van der Waals surface area (Å²) in [6.07, 6.45) is 6.20. The number of rotatable bonds is 6. The average molecular weight is 488 g/mol. The zero-order valence-corrected chi connectivity index (χ0v) is 20.6. The van der Waals surface area contributed by atoms with Gasteiger partial charge in [0.2, 0.25) is 11.8 Å². The number of hydrogen-bond acceptors (Lipinski definition) is 5. The third-order valence-corrected chi connectivity index (χ3v) is 8.41. The van der Waals surface area contributed by atoms with Gasteiger partial charge < -0.3 is 9.64 Å². The van der Waals surface area contributed by atoms with E-state index in [9.17, 15) is 14.4 Å². The molecule has 0 spiro atoms. The number of amides is 3. The zero-order valence-electron chi connectivity index (χ0n) is 20.6. The summed E-state index contributed by atoms with van der Waals surface area (Å²) in [5.41, 5.74) is 3.79. The van der Waals surface area contributed by atoms with Crippen LogP contribution in [0.4, 0.5) is 0 Å². The molecule has 2 unspecified atom stereocenters. The van der Waals surface area contributed by atoms with Crippen molar-refractivity contribution >= 4 is 17.7 Å². The Morgan fingerprint density at radius 3 is 2.33 bits per heavy atom. The van der Waals surface area contributed by atoms with Crippen LogP contribution in [-0.4, -0.2) is 46.7 Å². The van der Waals surface area contributed by atoms with Crippen molar-refractivity contribution in [2.75, 3.05) is 13.1 Å². The first kappa shape index (κ1) is 23.2. The Morgan fingerprint density at radius 2 is 1.61 bits per heavy atom. The smallest absolute Gasteiger partial charge is 0.255 e. The van der Waals surface area contributed by atoms with Gasteiger partial charge in [-0.3, -0.25) is 24.6 Å². The Bertz CT molecular complexity index is 1160. The predicted molar refractivity (Wildman–Crippen MR) is 134 cm³/mol. The highest BCUT2D eigenvalue weighted by Gasteiger charge is 2.40. The lowest BCUT2D eigenvalue weighted by Crippen LogP contribution is -2.52. The molecule has 1 aliphatic carbocycles. The number of imide groups is 1. The second-order valence-electron chi connectivity index (χ2n) is 10.8. The van der Waals surface area contributed by atoms with Crippen LogP contribution in [-0.2, 0) is 29.3 Å². The van der Waals surface area contributed by atoms with E-state index in [1.165, 1.54) is 44.3 Å². The van der Waals surface area contributed by atoms with Gasteiger partial charge in [0.05, 0.1) is 6.54 Å². The highest BCUT2D eigenvalue weighted by atomic mass is 16.5. The molecular weight excluding hydrogens is 454 g/mol. The van der Waals surface area contributed by atoms with Crippen LogP contribution in [0.3, 0.4) is 0 Å². The summed E-state index contributed by atoms with van der Waals surface area (Å²) in [5, 5.41) is 2.35. The van der Waals surface area contributed by atoms with Gasteiger partial charge in [0.25, 0.3) is 5.91 Å². The Kier molecular flexibility index (Phi) is 6.25. The van der Waals surface area contributed by atoms with Crippen molar-refractivity contribution < 1.29 is 19.1 Å². The molecule has 188 valence electrons. The van der Waals surface area contributed by atoms with Crippen molar-refractivity contribution in [3.8, 4) is 5.75 Å². The van der Waals surface area contributed by atoms with Crippen molar-refractivity contribution in [3.63, 3.8) is 0 Å². The first-order valence-corrected chi connectivity index (χ1v) is 13.2. The van der Waals surface area contributed by atoms with E-state index >= 15 is 0 Å². The monoisotopic (exact) mass is 487 g/mol. The second kappa shape index (κ2) is 9.69. The topological polar surface area (TPSA) is 79.0 Å². The number of nitrogens with one attached hydrogen (secondary N) is 1. The van der Waals surface area contributed by atoms with E-state index in [0.717, 1.165) is 29.5 Å². The number of benzene rings is 2. The summed E-state index contributed by atoms with van der Waals surface area (Å²) in [6, 6.07) is 13.5. The maximum Gasteiger partial charge on any atom is 0.255 e. The van der Waals surface area contributed by atoms with Gasteiger partial charge in [-0.2, -0.15) is 0 Å². The van der Waals surface area contributed by atoms with Crippen LogP contribution in [0.15, 0.2) is 42.5 Å². The molecule has 3 heterocycles. The zero-order chi connectivity index (χ0) is 24.6. The lowest BCUT2D eigenvalue weighted by Gasteiger charge is -2.29. The highest BCUT2D eigenvalue weighted by Crippen LogP contribution is 2.37. The largest absolute Gasteiger partial charge is 0.489 e. The molecule has 2 saturated heterocycles. The Hall–Kier alpha value is -3.19. The molecule has 0 radical (unpaired) electrons. The van der Waals surface area contributed by atoms with E-state index in [1.807, 2.05) is 12.1 Å². The standard InChI is InChI=1S/C29H33N3O4/c33-27-13-12-25(28(34)30-27)32-17-24-23(29(32)35)6-3-7-26(24)36-18-20-10-8-19(9-11-20)14-31-15-21-4-1-2-5-22(21)16-31/h3,6-11,21-22,25H,1-2,4-5,12-18H2,(H,30,33,34)/t21-,22?,25?/m1/s1. The minimum atomic E-state index is -0.623. The Labute approximate surface area is 211 Å². The second-order valence-corrected chi connectivity index (χ2v) is 10.8. The number of hydrogen-bond donors (Lipinski definition) is 1. The lowest BCUT2D eigenvalue weighted by molar-refractivity contribution is -0.136. The molecule has 0 aromatic heterocycles. The van der Waals surface area contributed by atoms with Crippen molar-refractivity contribution in [1.82, 2.24) is 15.1 Å². The van der Waals surface area contributed by atoms with Crippen molar-refractivity contribution in [3.05, 3.63) is 64.7 Å². The number of nitrogens with zero attached hydrogens (tertiary/aromatic N) is 2. The van der Waals surface area contributed by atoms with Crippen molar-refractivity contribution in [2.24, 2.45) is 11.8 Å². The molecule has 7 nitrogen and oxygen atoms in total. The van der Waals surface area contributed by atoms with Crippen LogP contribution in [0.5, 0.6) is 5.75 Å². The number of carbonyl (C=O) groups excluding carboxylic acids is 3. The summed E-state index contributed by atoms with van der Waals surface area (Å²) >= 11 is 0. The number of fused-ring (bicyclic) bond motifs is 2. The van der Waals surface area contributed by atoms with Gasteiger partial charge in [0.15, 0.2) is 0 Å². The van der Waals surface area contributed by atoms with Crippen LogP contribution in [0.1, 0.15) is 65.6 Å². The van der Waals surface area contributed by atoms with Crippen LogP contribution in [0, 0.1) is 11.8 Å². The van der Waals surface area contributed by atoms with Gasteiger partial charge in [0, 0.05) is 37.2 Å². The Morgan fingerprint density at radius 1 is 0.889 bits per heavy atom. The van der Waals surface area contributed by atoms with Gasteiger partial charge in [-0.25, -0.2) is 0 Å². The molecule has 36 heavy (non-hydrogen) atoms. The summed E-state index contributed by atoms with van der Waals surface area (Å²) < 4.78 is 6.16. The number of carbonyl (C=O) groups is 3. The number of likely N-dealkylation sites (tertiary alicyclic amines) is 1. The molecule has 1 N–H and O–H groups in total. The first-order valence-electron chi connectivity index (χ1n) is 13.2. The third kappa shape index (κ3) is 4.52.